The number of amides is 1. The number of fused-ring (bicyclic) bond motifs is 1. The normalized spacial score (nSPS) is 10.4. The van der Waals surface area contributed by atoms with Crippen LogP contribution in [0.5, 0.6) is 0 Å². The zero-order valence-electron chi connectivity index (χ0n) is 19.8. The van der Waals surface area contributed by atoms with Crippen molar-refractivity contribution in [2.45, 2.75) is 33.7 Å². The average Bonchev–Trinajstić information content (AvgIpc) is 3.32. The first-order valence-corrected chi connectivity index (χ1v) is 11.2. The number of furan rings is 1. The van der Waals surface area contributed by atoms with Gasteiger partial charge in [0.1, 0.15) is 5.58 Å². The van der Waals surface area contributed by atoms with Crippen molar-refractivity contribution in [1.82, 2.24) is 10.4 Å². The van der Waals surface area contributed by atoms with E-state index in [0.717, 1.165) is 41.6 Å². The smallest absolute Gasteiger partial charge is 0.267 e. The number of aliphatic hydroxyl groups is 1. The molecule has 33 heavy (non-hydrogen) atoms. The molecule has 0 aliphatic carbocycles. The van der Waals surface area contributed by atoms with Crippen molar-refractivity contribution in [3.05, 3.63) is 90.2 Å². The van der Waals surface area contributed by atoms with Gasteiger partial charge in [0.25, 0.3) is 5.91 Å². The van der Waals surface area contributed by atoms with Crippen LogP contribution in [0.1, 0.15) is 37.5 Å². The number of nitrogens with zero attached hydrogens (tertiary/aromatic N) is 1. The Balaban J connectivity index is 0.00000101. The minimum Gasteiger partial charge on any atom is -0.464 e. The summed E-state index contributed by atoms with van der Waals surface area (Å²) in [6.45, 7) is 11.5. The van der Waals surface area contributed by atoms with E-state index in [1.807, 2.05) is 57.2 Å². The molecule has 0 unspecified atom stereocenters. The van der Waals surface area contributed by atoms with E-state index >= 15 is 0 Å². The molecule has 2 aromatic carbocycles. The Hall–Kier alpha value is -3.19. The quantitative estimate of drug-likeness (QED) is 0.180. The van der Waals surface area contributed by atoms with Crippen molar-refractivity contribution in [2.24, 2.45) is 0 Å². The van der Waals surface area contributed by atoms with E-state index in [0.29, 0.717) is 6.54 Å². The molecule has 1 aromatic heterocycles. The summed E-state index contributed by atoms with van der Waals surface area (Å²) in [6.07, 6.45) is 7.23. The molecule has 3 rings (SSSR count). The van der Waals surface area contributed by atoms with Crippen LogP contribution in [-0.2, 0) is 17.8 Å². The summed E-state index contributed by atoms with van der Waals surface area (Å²) in [5, 5.41) is 19.0. The van der Waals surface area contributed by atoms with E-state index in [9.17, 15) is 9.90 Å². The lowest BCUT2D eigenvalue weighted by Crippen LogP contribution is -2.28. The van der Waals surface area contributed by atoms with Gasteiger partial charge in [0, 0.05) is 31.1 Å². The standard InChI is InChI=1S/C22H24N2O4.C3H6.C2H6/c25-13-12-24(11-9-18-5-7-21-20(15-18)10-14-28-21)16-19-3-1-17(2-4-19)6-8-22(26)23-27;1-3-2;1-2/h1-8,10,14-15,25,27H,9,11-13,16H2,(H,23,26);3H,1H2,2H3;1-2H3/b8-6+;;. The van der Waals surface area contributed by atoms with Crippen LogP contribution in [0.25, 0.3) is 17.0 Å². The summed E-state index contributed by atoms with van der Waals surface area (Å²) in [7, 11) is 0. The van der Waals surface area contributed by atoms with E-state index in [2.05, 4.69) is 23.6 Å². The second-order valence-corrected chi connectivity index (χ2v) is 7.00. The largest absolute Gasteiger partial charge is 0.464 e. The highest BCUT2D eigenvalue weighted by Crippen LogP contribution is 2.18. The number of hydrogen-bond donors (Lipinski definition) is 3. The van der Waals surface area contributed by atoms with Crippen LogP contribution in [-0.4, -0.2) is 40.8 Å². The second kappa shape index (κ2) is 16.4. The molecule has 0 aliphatic rings. The van der Waals surface area contributed by atoms with Gasteiger partial charge < -0.3 is 9.52 Å². The number of benzene rings is 2. The highest BCUT2D eigenvalue weighted by Gasteiger charge is 2.07. The van der Waals surface area contributed by atoms with Gasteiger partial charge in [-0.05, 0) is 54.3 Å². The van der Waals surface area contributed by atoms with Gasteiger partial charge in [0.2, 0.25) is 0 Å². The third kappa shape index (κ3) is 10.3. The number of allylic oxidation sites excluding steroid dienone is 1. The van der Waals surface area contributed by atoms with Crippen LogP contribution in [0.2, 0.25) is 0 Å². The van der Waals surface area contributed by atoms with Crippen LogP contribution in [0, 0.1) is 0 Å². The molecule has 0 spiro atoms. The first-order chi connectivity index (χ1) is 16.1. The summed E-state index contributed by atoms with van der Waals surface area (Å²) in [6, 6.07) is 16.0. The van der Waals surface area contributed by atoms with E-state index in [1.165, 1.54) is 11.6 Å². The predicted molar refractivity (Wildman–Crippen MR) is 135 cm³/mol. The molecule has 0 bridgehead atoms. The number of rotatable bonds is 9. The molecule has 1 amide bonds. The number of aliphatic hydroxyl groups excluding tert-OH is 1. The van der Waals surface area contributed by atoms with Gasteiger partial charge >= 0.3 is 0 Å². The number of hydrogen-bond acceptors (Lipinski definition) is 5. The fraction of sp³-hybridized carbons (Fsp3) is 0.296. The first kappa shape index (κ1) is 27.8. The highest BCUT2D eigenvalue weighted by molar-refractivity contribution is 5.90. The van der Waals surface area contributed by atoms with E-state index < -0.39 is 5.91 Å². The van der Waals surface area contributed by atoms with Crippen LogP contribution in [0.4, 0.5) is 0 Å². The maximum Gasteiger partial charge on any atom is 0.267 e. The second-order valence-electron chi connectivity index (χ2n) is 7.00. The fourth-order valence-corrected chi connectivity index (χ4v) is 3.07. The summed E-state index contributed by atoms with van der Waals surface area (Å²) in [4.78, 5) is 13.2. The lowest BCUT2D eigenvalue weighted by atomic mass is 10.1. The molecule has 3 N–H and O–H groups in total. The Kier molecular flexibility index (Phi) is 13.9. The van der Waals surface area contributed by atoms with Gasteiger partial charge in [0.05, 0.1) is 12.9 Å². The van der Waals surface area contributed by atoms with E-state index in [4.69, 9.17) is 9.62 Å². The number of carbonyl (C=O) groups is 1. The summed E-state index contributed by atoms with van der Waals surface area (Å²) >= 11 is 0. The molecule has 6 nitrogen and oxygen atoms in total. The lowest BCUT2D eigenvalue weighted by molar-refractivity contribution is -0.124. The molecular formula is C27H36N2O4. The number of hydroxylamine groups is 1. The average molecular weight is 453 g/mol. The van der Waals surface area contributed by atoms with Crippen LogP contribution in [0.15, 0.2) is 77.9 Å². The molecule has 178 valence electrons. The Morgan fingerprint density at radius 1 is 1.09 bits per heavy atom. The Bertz CT molecular complexity index is 977. The van der Waals surface area contributed by atoms with Gasteiger partial charge in [-0.25, -0.2) is 5.48 Å². The van der Waals surface area contributed by atoms with E-state index in [-0.39, 0.29) is 6.61 Å². The van der Waals surface area contributed by atoms with Gasteiger partial charge in [-0.1, -0.05) is 50.3 Å². The van der Waals surface area contributed by atoms with Crippen molar-refractivity contribution >= 4 is 23.0 Å². The topological polar surface area (TPSA) is 85.9 Å². The lowest BCUT2D eigenvalue weighted by Gasteiger charge is -2.21. The molecule has 0 aliphatic heterocycles. The molecule has 1 heterocycles. The third-order valence-corrected chi connectivity index (χ3v) is 4.57. The summed E-state index contributed by atoms with van der Waals surface area (Å²) in [5.74, 6) is -0.563. The van der Waals surface area contributed by atoms with Crippen molar-refractivity contribution in [3.63, 3.8) is 0 Å². The van der Waals surface area contributed by atoms with Crippen molar-refractivity contribution in [1.29, 1.82) is 0 Å². The molecule has 0 fully saturated rings. The third-order valence-electron chi connectivity index (χ3n) is 4.57. The molecule has 0 atom stereocenters. The number of carbonyl (C=O) groups excluding carboxylic acids is 1. The van der Waals surface area contributed by atoms with Gasteiger partial charge in [-0.15, -0.1) is 6.58 Å². The Labute approximate surface area is 196 Å². The van der Waals surface area contributed by atoms with Crippen LogP contribution >= 0.6 is 0 Å². The van der Waals surface area contributed by atoms with Crippen molar-refractivity contribution < 1.29 is 19.5 Å². The summed E-state index contributed by atoms with van der Waals surface area (Å²) < 4.78 is 5.38. The van der Waals surface area contributed by atoms with Crippen molar-refractivity contribution in [2.75, 3.05) is 19.7 Å². The molecule has 6 heteroatoms. The monoisotopic (exact) mass is 452 g/mol. The fourth-order valence-electron chi connectivity index (χ4n) is 3.07. The first-order valence-electron chi connectivity index (χ1n) is 11.2. The molecule has 3 aromatic rings. The molecule has 0 saturated carbocycles. The predicted octanol–water partition coefficient (Wildman–Crippen LogP) is 5.21. The van der Waals surface area contributed by atoms with Gasteiger partial charge in [-0.3, -0.25) is 14.9 Å². The van der Waals surface area contributed by atoms with Gasteiger partial charge in [0.15, 0.2) is 0 Å². The van der Waals surface area contributed by atoms with Gasteiger partial charge in [-0.2, -0.15) is 0 Å². The SMILES string of the molecule is C=CC.CC.O=C(/C=C/c1ccc(CN(CCO)CCc2ccc3occc3c2)cc1)NO. The molecule has 0 saturated heterocycles. The Morgan fingerprint density at radius 2 is 1.76 bits per heavy atom. The number of nitrogens with one attached hydrogen (secondary N) is 1. The Morgan fingerprint density at radius 3 is 2.39 bits per heavy atom. The highest BCUT2D eigenvalue weighted by atomic mass is 16.5. The minimum absolute atomic E-state index is 0.109. The summed E-state index contributed by atoms with van der Waals surface area (Å²) in [5.41, 5.74) is 5.68. The van der Waals surface area contributed by atoms with E-state index in [1.54, 1.807) is 23.9 Å². The maximum atomic E-state index is 11.0. The van der Waals surface area contributed by atoms with Crippen molar-refractivity contribution in [3.8, 4) is 0 Å². The van der Waals surface area contributed by atoms with Crippen LogP contribution in [0.3, 0.4) is 0 Å². The zero-order chi connectivity index (χ0) is 24.5. The minimum atomic E-state index is -0.563. The zero-order valence-corrected chi connectivity index (χ0v) is 19.8. The van der Waals surface area contributed by atoms with Crippen LogP contribution < -0.4 is 5.48 Å². The molecule has 0 radical (unpaired) electrons. The molecular weight excluding hydrogens is 416 g/mol. The maximum absolute atomic E-state index is 11.0.